The molecule has 0 bridgehead atoms. The zero-order valence-corrected chi connectivity index (χ0v) is 12.9. The van der Waals surface area contributed by atoms with Crippen molar-refractivity contribution in [1.82, 2.24) is 4.90 Å². The molecule has 0 aliphatic carbocycles. The fraction of sp³-hybridized carbons (Fsp3) is 0.412. The third-order valence-electron chi connectivity index (χ3n) is 4.18. The molecule has 1 saturated heterocycles. The van der Waals surface area contributed by atoms with Gasteiger partial charge in [-0.1, -0.05) is 6.92 Å². The molecular weight excluding hydrogens is 298 g/mol. The van der Waals surface area contributed by atoms with Gasteiger partial charge in [0.2, 0.25) is 0 Å². The number of carbonyl (C=O) groups is 2. The number of amides is 1. The van der Waals surface area contributed by atoms with E-state index in [4.69, 9.17) is 13.9 Å². The third-order valence-corrected chi connectivity index (χ3v) is 4.18. The van der Waals surface area contributed by atoms with Gasteiger partial charge in [-0.25, -0.2) is 4.79 Å². The maximum Gasteiger partial charge on any atom is 0.338 e. The standard InChI is InChI=1S/C17H19NO5/c1-2-12-6-7-14(23-12)13-5-3-4-8-18(13)16(19)15-9-11(10-22-15)17(20)21/h6-7,9-10,13H,2-5,8H2,1H3,(H,20,21). The number of aryl methyl sites for hydroxylation is 1. The number of hydrogen-bond acceptors (Lipinski definition) is 4. The molecule has 1 N–H and O–H groups in total. The number of carbonyl (C=O) groups excluding carboxylic acids is 1. The molecule has 1 aliphatic heterocycles. The van der Waals surface area contributed by atoms with Crippen molar-refractivity contribution >= 4 is 11.9 Å². The number of hydrogen-bond donors (Lipinski definition) is 1. The molecule has 1 unspecified atom stereocenters. The van der Waals surface area contributed by atoms with Crippen molar-refractivity contribution in [3.8, 4) is 0 Å². The minimum atomic E-state index is -1.11. The summed E-state index contributed by atoms with van der Waals surface area (Å²) in [6.45, 7) is 2.62. The summed E-state index contributed by atoms with van der Waals surface area (Å²) < 4.78 is 11.0. The smallest absolute Gasteiger partial charge is 0.338 e. The van der Waals surface area contributed by atoms with Gasteiger partial charge in [0.1, 0.15) is 17.8 Å². The van der Waals surface area contributed by atoms with Gasteiger partial charge in [-0.2, -0.15) is 0 Å². The molecule has 0 spiro atoms. The van der Waals surface area contributed by atoms with Gasteiger partial charge in [0.05, 0.1) is 11.6 Å². The van der Waals surface area contributed by atoms with Gasteiger partial charge < -0.3 is 18.8 Å². The van der Waals surface area contributed by atoms with E-state index in [0.717, 1.165) is 43.5 Å². The second-order valence-corrected chi connectivity index (χ2v) is 5.67. The zero-order valence-electron chi connectivity index (χ0n) is 12.9. The molecule has 3 heterocycles. The molecule has 0 radical (unpaired) electrons. The van der Waals surface area contributed by atoms with E-state index in [1.807, 2.05) is 19.1 Å². The summed E-state index contributed by atoms with van der Waals surface area (Å²) in [5.41, 5.74) is -0.0202. The summed E-state index contributed by atoms with van der Waals surface area (Å²) in [5.74, 6) is 0.318. The van der Waals surface area contributed by atoms with Gasteiger partial charge in [-0.3, -0.25) is 4.79 Å². The summed E-state index contributed by atoms with van der Waals surface area (Å²) in [6, 6.07) is 4.99. The fourth-order valence-corrected chi connectivity index (χ4v) is 2.94. The Hall–Kier alpha value is -2.50. The number of aromatic carboxylic acids is 1. The molecule has 1 amide bonds. The van der Waals surface area contributed by atoms with Crippen LogP contribution in [0.5, 0.6) is 0 Å². The lowest BCUT2D eigenvalue weighted by Gasteiger charge is -2.33. The molecule has 0 aromatic carbocycles. The van der Waals surface area contributed by atoms with Crippen LogP contribution in [0.1, 0.15) is 64.7 Å². The Morgan fingerprint density at radius 2 is 2.17 bits per heavy atom. The molecule has 2 aromatic heterocycles. The fourth-order valence-electron chi connectivity index (χ4n) is 2.94. The lowest BCUT2D eigenvalue weighted by Crippen LogP contribution is -2.38. The second kappa shape index (κ2) is 6.32. The maximum absolute atomic E-state index is 12.7. The van der Waals surface area contributed by atoms with E-state index in [2.05, 4.69) is 0 Å². The molecule has 0 saturated carbocycles. The first-order valence-corrected chi connectivity index (χ1v) is 7.81. The first-order chi connectivity index (χ1) is 11.1. The van der Waals surface area contributed by atoms with E-state index in [9.17, 15) is 9.59 Å². The van der Waals surface area contributed by atoms with Crippen LogP contribution in [-0.4, -0.2) is 28.4 Å². The summed E-state index contributed by atoms with van der Waals surface area (Å²) in [5, 5.41) is 8.95. The maximum atomic E-state index is 12.7. The van der Waals surface area contributed by atoms with Crippen LogP contribution in [0.25, 0.3) is 0 Å². The van der Waals surface area contributed by atoms with E-state index in [-0.39, 0.29) is 23.3 Å². The van der Waals surface area contributed by atoms with Crippen molar-refractivity contribution in [3.05, 3.63) is 47.3 Å². The first-order valence-electron chi connectivity index (χ1n) is 7.81. The molecule has 2 aromatic rings. The van der Waals surface area contributed by atoms with Crippen LogP contribution < -0.4 is 0 Å². The first kappa shape index (κ1) is 15.4. The largest absolute Gasteiger partial charge is 0.478 e. The zero-order chi connectivity index (χ0) is 16.4. The molecule has 23 heavy (non-hydrogen) atoms. The van der Waals surface area contributed by atoms with Crippen molar-refractivity contribution in [2.45, 2.75) is 38.6 Å². The monoisotopic (exact) mass is 317 g/mol. The third kappa shape index (κ3) is 3.02. The minimum absolute atomic E-state index is 0.0202. The van der Waals surface area contributed by atoms with E-state index in [1.54, 1.807) is 4.90 Å². The van der Waals surface area contributed by atoms with Gasteiger partial charge in [0.25, 0.3) is 5.91 Å². The van der Waals surface area contributed by atoms with Crippen LogP contribution >= 0.6 is 0 Å². The Kier molecular flexibility index (Phi) is 4.23. The highest BCUT2D eigenvalue weighted by molar-refractivity contribution is 5.95. The van der Waals surface area contributed by atoms with E-state index < -0.39 is 5.97 Å². The van der Waals surface area contributed by atoms with E-state index >= 15 is 0 Å². The Morgan fingerprint density at radius 1 is 1.35 bits per heavy atom. The topological polar surface area (TPSA) is 83.9 Å². The van der Waals surface area contributed by atoms with E-state index in [0.29, 0.717) is 6.54 Å². The molecule has 1 fully saturated rings. The van der Waals surface area contributed by atoms with Crippen molar-refractivity contribution in [1.29, 1.82) is 0 Å². The van der Waals surface area contributed by atoms with Crippen LogP contribution in [0.2, 0.25) is 0 Å². The lowest BCUT2D eigenvalue weighted by molar-refractivity contribution is 0.0546. The van der Waals surface area contributed by atoms with Crippen LogP contribution in [0.4, 0.5) is 0 Å². The summed E-state index contributed by atoms with van der Waals surface area (Å²) in [4.78, 5) is 25.3. The number of rotatable bonds is 4. The predicted molar refractivity (Wildman–Crippen MR) is 81.4 cm³/mol. The van der Waals surface area contributed by atoms with Gasteiger partial charge in [-0.15, -0.1) is 0 Å². The number of furan rings is 2. The van der Waals surface area contributed by atoms with Crippen LogP contribution in [0.3, 0.4) is 0 Å². The highest BCUT2D eigenvalue weighted by atomic mass is 16.4. The van der Waals surface area contributed by atoms with Crippen LogP contribution in [0.15, 0.2) is 33.3 Å². The SMILES string of the molecule is CCc1ccc(C2CCCCN2C(=O)c2cc(C(=O)O)co2)o1. The molecule has 1 atom stereocenters. The molecule has 3 rings (SSSR count). The van der Waals surface area contributed by atoms with Crippen molar-refractivity contribution < 1.29 is 23.5 Å². The molecule has 6 heteroatoms. The van der Waals surface area contributed by atoms with Gasteiger partial charge in [0.15, 0.2) is 5.76 Å². The number of piperidine rings is 1. The van der Waals surface area contributed by atoms with Gasteiger partial charge >= 0.3 is 5.97 Å². The quantitative estimate of drug-likeness (QED) is 0.933. The summed E-state index contributed by atoms with van der Waals surface area (Å²) in [7, 11) is 0. The average molecular weight is 317 g/mol. The Balaban J connectivity index is 1.85. The number of nitrogens with zero attached hydrogens (tertiary/aromatic N) is 1. The average Bonchev–Trinajstić information content (AvgIpc) is 3.23. The number of carboxylic acid groups (broad SMARTS) is 1. The van der Waals surface area contributed by atoms with Crippen molar-refractivity contribution in [2.75, 3.05) is 6.54 Å². The minimum Gasteiger partial charge on any atom is -0.478 e. The molecule has 1 aliphatic rings. The lowest BCUT2D eigenvalue weighted by atomic mass is 9.99. The molecule has 6 nitrogen and oxygen atoms in total. The predicted octanol–water partition coefficient (Wildman–Crippen LogP) is 3.50. The Bertz CT molecular complexity index is 714. The summed E-state index contributed by atoms with van der Waals surface area (Å²) >= 11 is 0. The van der Waals surface area contributed by atoms with Crippen molar-refractivity contribution in [2.24, 2.45) is 0 Å². The van der Waals surface area contributed by atoms with Crippen LogP contribution in [-0.2, 0) is 6.42 Å². The summed E-state index contributed by atoms with van der Waals surface area (Å²) in [6.07, 6.45) is 4.66. The van der Waals surface area contributed by atoms with Crippen LogP contribution in [0, 0.1) is 0 Å². The Morgan fingerprint density at radius 3 is 2.83 bits per heavy atom. The van der Waals surface area contributed by atoms with Gasteiger partial charge in [-0.05, 0) is 31.4 Å². The van der Waals surface area contributed by atoms with Gasteiger partial charge in [0, 0.05) is 19.0 Å². The van der Waals surface area contributed by atoms with E-state index in [1.165, 1.54) is 6.07 Å². The molecule has 122 valence electrons. The molecular formula is C17H19NO5. The highest BCUT2D eigenvalue weighted by Gasteiger charge is 2.32. The second-order valence-electron chi connectivity index (χ2n) is 5.67. The van der Waals surface area contributed by atoms with Crippen molar-refractivity contribution in [3.63, 3.8) is 0 Å². The Labute approximate surface area is 133 Å². The number of likely N-dealkylation sites (tertiary alicyclic amines) is 1. The normalized spacial score (nSPS) is 18.1. The highest BCUT2D eigenvalue weighted by Crippen LogP contribution is 2.33. The number of carboxylic acids is 1.